The van der Waals surface area contributed by atoms with Crippen molar-refractivity contribution in [2.75, 3.05) is 11.9 Å². The fraction of sp³-hybridized carbons (Fsp3) is 0.417. The zero-order chi connectivity index (χ0) is 23.2. The summed E-state index contributed by atoms with van der Waals surface area (Å²) in [6.07, 6.45) is 3.36. The van der Waals surface area contributed by atoms with Gasteiger partial charge in [-0.1, -0.05) is 12.1 Å². The number of rotatable bonds is 5. The number of aromatic amines is 1. The van der Waals surface area contributed by atoms with Gasteiger partial charge in [0.05, 0.1) is 5.51 Å². The molecule has 5 N–H and O–H groups in total. The maximum Gasteiger partial charge on any atom is 0.267 e. The third-order valence-electron chi connectivity index (χ3n) is 6.71. The molecule has 9 nitrogen and oxygen atoms in total. The zero-order valence-corrected chi connectivity index (χ0v) is 20.0. The maximum absolute atomic E-state index is 12.4. The van der Waals surface area contributed by atoms with Crippen LogP contribution >= 0.6 is 11.3 Å². The minimum absolute atomic E-state index is 0.0786. The van der Waals surface area contributed by atoms with Crippen LogP contribution in [0.3, 0.4) is 0 Å². The third-order valence-corrected chi connectivity index (χ3v) is 7.54. The molecule has 0 spiro atoms. The molecule has 4 heterocycles. The third kappa shape index (κ3) is 4.02. The second-order valence-corrected chi connectivity index (χ2v) is 10.4. The van der Waals surface area contributed by atoms with Crippen molar-refractivity contribution in [3.8, 4) is 11.4 Å². The van der Waals surface area contributed by atoms with Gasteiger partial charge in [-0.05, 0) is 51.2 Å². The molecule has 1 aromatic carbocycles. The Kier molecular flexibility index (Phi) is 5.43. The SMILES string of the molecule is CC(C)NC(=O)c1cc2ccc(-c3nc(NC4CCC5NNCC5C4)c4scnc4n3)cc2[nH]1. The van der Waals surface area contributed by atoms with Crippen molar-refractivity contribution >= 4 is 44.3 Å². The molecule has 1 aliphatic carbocycles. The minimum atomic E-state index is -0.109. The van der Waals surface area contributed by atoms with Gasteiger partial charge in [-0.25, -0.2) is 15.0 Å². The van der Waals surface area contributed by atoms with Crippen LogP contribution < -0.4 is 21.5 Å². The van der Waals surface area contributed by atoms with Crippen molar-refractivity contribution in [3.05, 3.63) is 35.5 Å². The van der Waals surface area contributed by atoms with Gasteiger partial charge < -0.3 is 15.6 Å². The lowest BCUT2D eigenvalue weighted by Gasteiger charge is -2.31. The maximum atomic E-state index is 12.4. The van der Waals surface area contributed by atoms with Crippen LogP contribution in [-0.2, 0) is 0 Å². The number of carbonyl (C=O) groups excluding carboxylic acids is 1. The summed E-state index contributed by atoms with van der Waals surface area (Å²) in [5.41, 5.74) is 11.5. The number of benzene rings is 1. The molecule has 3 unspecified atom stereocenters. The van der Waals surface area contributed by atoms with Crippen LogP contribution in [0.4, 0.5) is 5.82 Å². The number of H-pyrrole nitrogens is 1. The summed E-state index contributed by atoms with van der Waals surface area (Å²) < 4.78 is 0.988. The molecule has 1 saturated carbocycles. The van der Waals surface area contributed by atoms with E-state index < -0.39 is 0 Å². The quantitative estimate of drug-likeness (QED) is 0.299. The number of nitrogens with zero attached hydrogens (tertiary/aromatic N) is 3. The van der Waals surface area contributed by atoms with Gasteiger partial charge in [-0.3, -0.25) is 15.6 Å². The summed E-state index contributed by atoms with van der Waals surface area (Å²) in [4.78, 5) is 29.8. The summed E-state index contributed by atoms with van der Waals surface area (Å²) in [5, 5.41) is 7.61. The van der Waals surface area contributed by atoms with E-state index in [1.807, 2.05) is 43.6 Å². The first-order valence-corrected chi connectivity index (χ1v) is 12.7. The Morgan fingerprint density at radius 2 is 2.12 bits per heavy atom. The average molecular weight is 477 g/mol. The van der Waals surface area contributed by atoms with Crippen molar-refractivity contribution in [3.63, 3.8) is 0 Å². The molecule has 0 radical (unpaired) electrons. The number of hydrogen-bond donors (Lipinski definition) is 5. The summed E-state index contributed by atoms with van der Waals surface area (Å²) >= 11 is 1.57. The van der Waals surface area contributed by atoms with Crippen molar-refractivity contribution in [2.24, 2.45) is 5.92 Å². The highest BCUT2D eigenvalue weighted by Gasteiger charge is 2.34. The first kappa shape index (κ1) is 21.5. The number of fused-ring (bicyclic) bond motifs is 3. The second-order valence-electron chi connectivity index (χ2n) is 9.56. The van der Waals surface area contributed by atoms with Crippen LogP contribution in [0.25, 0.3) is 32.6 Å². The molecule has 176 valence electrons. The number of anilines is 1. The van der Waals surface area contributed by atoms with Gasteiger partial charge in [0.15, 0.2) is 11.5 Å². The molecule has 3 atom stereocenters. The number of amides is 1. The molecular weight excluding hydrogens is 448 g/mol. The first-order valence-electron chi connectivity index (χ1n) is 11.8. The molecule has 0 bridgehead atoms. The van der Waals surface area contributed by atoms with E-state index in [9.17, 15) is 4.79 Å². The highest BCUT2D eigenvalue weighted by Crippen LogP contribution is 2.33. The standard InChI is InChI=1S/C24H28N8OS/c1-12(2)27-24(33)19-8-13-3-4-14(9-18(13)29-19)21-30-22-20(34-11-25-22)23(31-21)28-16-5-6-17-15(7-16)10-26-32-17/h3-4,8-9,11-12,15-17,26,29,32H,5-7,10H2,1-2H3,(H,27,33)(H,28,30,31). The van der Waals surface area contributed by atoms with Crippen molar-refractivity contribution in [1.82, 2.24) is 36.1 Å². The first-order chi connectivity index (χ1) is 16.5. The number of hydrazine groups is 1. The van der Waals surface area contributed by atoms with Gasteiger partial charge in [0.2, 0.25) is 0 Å². The number of hydrogen-bond acceptors (Lipinski definition) is 8. The number of nitrogens with one attached hydrogen (secondary N) is 5. The van der Waals surface area contributed by atoms with E-state index in [0.29, 0.717) is 35.2 Å². The minimum Gasteiger partial charge on any atom is -0.366 e. The highest BCUT2D eigenvalue weighted by atomic mass is 32.1. The van der Waals surface area contributed by atoms with E-state index >= 15 is 0 Å². The Balaban J connectivity index is 1.31. The molecule has 34 heavy (non-hydrogen) atoms. The Morgan fingerprint density at radius 1 is 1.21 bits per heavy atom. The Morgan fingerprint density at radius 3 is 3.00 bits per heavy atom. The molecule has 10 heteroatoms. The van der Waals surface area contributed by atoms with Crippen molar-refractivity contribution in [2.45, 2.75) is 51.2 Å². The fourth-order valence-corrected chi connectivity index (χ4v) is 5.72. The summed E-state index contributed by atoms with van der Waals surface area (Å²) in [6, 6.07) is 8.90. The van der Waals surface area contributed by atoms with E-state index in [-0.39, 0.29) is 11.9 Å². The lowest BCUT2D eigenvalue weighted by Crippen LogP contribution is -2.39. The van der Waals surface area contributed by atoms with Gasteiger partial charge in [-0.2, -0.15) is 0 Å². The molecule has 4 aromatic rings. The molecule has 1 saturated heterocycles. The van der Waals surface area contributed by atoms with Crippen molar-refractivity contribution < 1.29 is 4.79 Å². The number of carbonyl (C=O) groups is 1. The van der Waals surface area contributed by atoms with Gasteiger partial charge in [0.1, 0.15) is 16.2 Å². The van der Waals surface area contributed by atoms with Crippen LogP contribution in [0.2, 0.25) is 0 Å². The van der Waals surface area contributed by atoms with Crippen LogP contribution in [0, 0.1) is 5.92 Å². The second kappa shape index (κ2) is 8.61. The fourth-order valence-electron chi connectivity index (χ4n) is 5.04. The van der Waals surface area contributed by atoms with E-state index in [0.717, 1.165) is 52.8 Å². The lowest BCUT2D eigenvalue weighted by molar-refractivity contribution is 0.0939. The molecule has 1 amide bonds. The van der Waals surface area contributed by atoms with E-state index in [4.69, 9.17) is 9.97 Å². The lowest BCUT2D eigenvalue weighted by atomic mass is 9.83. The van der Waals surface area contributed by atoms with Crippen molar-refractivity contribution in [1.29, 1.82) is 0 Å². The summed E-state index contributed by atoms with van der Waals surface area (Å²) in [6.45, 7) is 4.91. The van der Waals surface area contributed by atoms with Crippen LogP contribution in [0.1, 0.15) is 43.6 Å². The Bertz CT molecular complexity index is 1360. The monoisotopic (exact) mass is 476 g/mol. The van der Waals surface area contributed by atoms with Crippen LogP contribution in [0.5, 0.6) is 0 Å². The number of aromatic nitrogens is 4. The van der Waals surface area contributed by atoms with E-state index in [1.165, 1.54) is 0 Å². The van der Waals surface area contributed by atoms with E-state index in [2.05, 4.69) is 31.5 Å². The summed E-state index contributed by atoms with van der Waals surface area (Å²) in [7, 11) is 0. The van der Waals surface area contributed by atoms with Crippen LogP contribution in [-0.4, -0.2) is 50.5 Å². The molecule has 2 aliphatic rings. The predicted octanol–water partition coefficient (Wildman–Crippen LogP) is 3.43. The smallest absolute Gasteiger partial charge is 0.267 e. The highest BCUT2D eigenvalue weighted by molar-refractivity contribution is 7.17. The molecule has 3 aromatic heterocycles. The molecule has 1 aliphatic heterocycles. The topological polar surface area (TPSA) is 120 Å². The molecule has 2 fully saturated rings. The predicted molar refractivity (Wildman–Crippen MR) is 135 cm³/mol. The zero-order valence-electron chi connectivity index (χ0n) is 19.2. The Hall–Kier alpha value is -3.08. The van der Waals surface area contributed by atoms with Gasteiger partial charge in [0.25, 0.3) is 5.91 Å². The van der Waals surface area contributed by atoms with Crippen LogP contribution in [0.15, 0.2) is 29.8 Å². The van der Waals surface area contributed by atoms with E-state index in [1.54, 1.807) is 11.3 Å². The largest absolute Gasteiger partial charge is 0.366 e. The average Bonchev–Trinajstić information content (AvgIpc) is 3.56. The van der Waals surface area contributed by atoms with Gasteiger partial charge in [-0.15, -0.1) is 11.3 Å². The number of thiazole rings is 1. The molecular formula is C24H28N8OS. The normalized spacial score (nSPS) is 22.4. The molecule has 6 rings (SSSR count). The summed E-state index contributed by atoms with van der Waals surface area (Å²) in [5.74, 6) is 2.01. The Labute approximate surface area is 201 Å². The van der Waals surface area contributed by atoms with Gasteiger partial charge >= 0.3 is 0 Å². The van der Waals surface area contributed by atoms with Gasteiger partial charge in [0, 0.05) is 41.1 Å².